The molecule has 0 bridgehead atoms. The van der Waals surface area contributed by atoms with Gasteiger partial charge in [-0.15, -0.1) is 0 Å². The molecule has 6 heteroatoms. The number of hydrogen-bond acceptors (Lipinski definition) is 4. The molecule has 1 fully saturated rings. The summed E-state index contributed by atoms with van der Waals surface area (Å²) in [7, 11) is 1.70. The molecule has 1 heterocycles. The minimum absolute atomic E-state index is 0.206. The highest BCUT2D eigenvalue weighted by Crippen LogP contribution is 2.14. The lowest BCUT2D eigenvalue weighted by atomic mass is 10.1. The van der Waals surface area contributed by atoms with E-state index in [0.717, 1.165) is 38.6 Å². The molecule has 0 aliphatic carbocycles. The number of aliphatic imine (C=N–C) groups is 1. The van der Waals surface area contributed by atoms with E-state index >= 15 is 0 Å². The van der Waals surface area contributed by atoms with Crippen molar-refractivity contribution in [2.24, 2.45) is 4.99 Å². The summed E-state index contributed by atoms with van der Waals surface area (Å²) < 4.78 is 16.6. The second-order valence-electron chi connectivity index (χ2n) is 6.64. The van der Waals surface area contributed by atoms with Crippen molar-refractivity contribution in [1.29, 1.82) is 0 Å². The number of nitrogens with zero attached hydrogens (tertiary/aromatic N) is 1. The Morgan fingerprint density at radius 1 is 1.31 bits per heavy atom. The fourth-order valence-corrected chi connectivity index (χ4v) is 2.89. The number of hydrogen-bond donors (Lipinski definition) is 2. The van der Waals surface area contributed by atoms with Gasteiger partial charge in [0.25, 0.3) is 0 Å². The van der Waals surface area contributed by atoms with Gasteiger partial charge in [0.2, 0.25) is 0 Å². The van der Waals surface area contributed by atoms with Gasteiger partial charge in [-0.3, -0.25) is 0 Å². The molecule has 0 spiro atoms. The number of methoxy groups -OCH3 is 1. The largest absolute Gasteiger partial charge is 0.383 e. The summed E-state index contributed by atoms with van der Waals surface area (Å²) in [5, 5.41) is 6.62. The molecule has 1 aliphatic rings. The average Bonchev–Trinajstić information content (AvgIpc) is 2.66. The van der Waals surface area contributed by atoms with Crippen molar-refractivity contribution in [2.75, 3.05) is 33.5 Å². The first-order valence-electron chi connectivity index (χ1n) is 9.52. The Kier molecular flexibility index (Phi) is 9.45. The molecule has 0 amide bonds. The molecule has 1 aromatic rings. The van der Waals surface area contributed by atoms with Gasteiger partial charge in [-0.1, -0.05) is 24.3 Å². The van der Waals surface area contributed by atoms with E-state index in [1.165, 1.54) is 11.1 Å². The first kappa shape index (κ1) is 20.7. The maximum Gasteiger partial charge on any atom is 0.191 e. The van der Waals surface area contributed by atoms with Gasteiger partial charge in [0, 0.05) is 32.9 Å². The number of benzene rings is 1. The van der Waals surface area contributed by atoms with E-state index in [1.54, 1.807) is 7.11 Å². The van der Waals surface area contributed by atoms with E-state index in [-0.39, 0.29) is 6.04 Å². The fourth-order valence-electron chi connectivity index (χ4n) is 2.89. The van der Waals surface area contributed by atoms with Crippen molar-refractivity contribution in [2.45, 2.75) is 52.0 Å². The molecule has 1 unspecified atom stereocenters. The average molecular weight is 364 g/mol. The van der Waals surface area contributed by atoms with E-state index in [0.29, 0.717) is 25.9 Å². The second-order valence-corrected chi connectivity index (χ2v) is 6.64. The van der Waals surface area contributed by atoms with Crippen molar-refractivity contribution in [1.82, 2.24) is 10.6 Å². The summed E-state index contributed by atoms with van der Waals surface area (Å²) in [5.41, 5.74) is 2.37. The minimum Gasteiger partial charge on any atom is -0.383 e. The quantitative estimate of drug-likeness (QED) is 0.521. The van der Waals surface area contributed by atoms with E-state index in [4.69, 9.17) is 14.2 Å². The van der Waals surface area contributed by atoms with Gasteiger partial charge in [0.05, 0.1) is 25.9 Å². The Labute approximate surface area is 157 Å². The van der Waals surface area contributed by atoms with Crippen LogP contribution < -0.4 is 10.6 Å². The molecule has 1 saturated heterocycles. The highest BCUT2D eigenvalue weighted by atomic mass is 16.5. The summed E-state index contributed by atoms with van der Waals surface area (Å²) in [6, 6.07) is 8.66. The molecule has 0 radical (unpaired) electrons. The number of ether oxygens (including phenoxy) is 3. The second kappa shape index (κ2) is 11.9. The molecular formula is C20H33N3O3. The van der Waals surface area contributed by atoms with Crippen LogP contribution in [0.3, 0.4) is 0 Å². The topological polar surface area (TPSA) is 64.1 Å². The lowest BCUT2D eigenvalue weighted by Crippen LogP contribution is -2.43. The van der Waals surface area contributed by atoms with Crippen LogP contribution in [0.4, 0.5) is 0 Å². The third-order valence-corrected chi connectivity index (χ3v) is 4.21. The summed E-state index contributed by atoms with van der Waals surface area (Å²) in [6.07, 6.45) is 2.29. The first-order chi connectivity index (χ1) is 12.7. The van der Waals surface area contributed by atoms with E-state index in [9.17, 15) is 0 Å². The van der Waals surface area contributed by atoms with Crippen LogP contribution in [0, 0.1) is 0 Å². The Morgan fingerprint density at radius 2 is 2.08 bits per heavy atom. The molecule has 0 aromatic heterocycles. The van der Waals surface area contributed by atoms with Crippen molar-refractivity contribution in [3.05, 3.63) is 35.4 Å². The standard InChI is InChI=1S/C20H33N3O3/c1-4-21-20(23-16(2)14-24-3)22-13-17-6-5-7-18(12-17)15-26-19-8-10-25-11-9-19/h5-7,12,16,19H,4,8-11,13-15H2,1-3H3,(H2,21,22,23). The number of guanidine groups is 1. The smallest absolute Gasteiger partial charge is 0.191 e. The normalized spacial score (nSPS) is 17.1. The molecular weight excluding hydrogens is 330 g/mol. The molecule has 146 valence electrons. The lowest BCUT2D eigenvalue weighted by molar-refractivity contribution is -0.0390. The lowest BCUT2D eigenvalue weighted by Gasteiger charge is -2.22. The predicted molar refractivity (Wildman–Crippen MR) is 104 cm³/mol. The zero-order chi connectivity index (χ0) is 18.6. The van der Waals surface area contributed by atoms with Gasteiger partial charge < -0.3 is 24.8 Å². The van der Waals surface area contributed by atoms with Gasteiger partial charge >= 0.3 is 0 Å². The zero-order valence-corrected chi connectivity index (χ0v) is 16.3. The van der Waals surface area contributed by atoms with Crippen LogP contribution >= 0.6 is 0 Å². The van der Waals surface area contributed by atoms with Gasteiger partial charge in [0.1, 0.15) is 0 Å². The third kappa shape index (κ3) is 7.72. The van der Waals surface area contributed by atoms with E-state index in [2.05, 4.69) is 53.7 Å². The highest BCUT2D eigenvalue weighted by molar-refractivity contribution is 5.80. The third-order valence-electron chi connectivity index (χ3n) is 4.21. The van der Waals surface area contributed by atoms with Crippen molar-refractivity contribution in [3.8, 4) is 0 Å². The van der Waals surface area contributed by atoms with Gasteiger partial charge in [0.15, 0.2) is 5.96 Å². The van der Waals surface area contributed by atoms with Crippen molar-refractivity contribution >= 4 is 5.96 Å². The monoisotopic (exact) mass is 363 g/mol. The van der Waals surface area contributed by atoms with E-state index in [1.807, 2.05) is 0 Å². The summed E-state index contributed by atoms with van der Waals surface area (Å²) in [4.78, 5) is 4.68. The summed E-state index contributed by atoms with van der Waals surface area (Å²) in [6.45, 7) is 8.48. The van der Waals surface area contributed by atoms with Crippen LogP contribution in [0.5, 0.6) is 0 Å². The maximum absolute atomic E-state index is 6.01. The first-order valence-corrected chi connectivity index (χ1v) is 9.52. The van der Waals surface area contributed by atoms with Crippen LogP contribution in [-0.2, 0) is 27.4 Å². The van der Waals surface area contributed by atoms with Gasteiger partial charge in [-0.05, 0) is 37.8 Å². The van der Waals surface area contributed by atoms with Gasteiger partial charge in [-0.25, -0.2) is 4.99 Å². The summed E-state index contributed by atoms with van der Waals surface area (Å²) in [5.74, 6) is 0.806. The van der Waals surface area contributed by atoms with Crippen molar-refractivity contribution in [3.63, 3.8) is 0 Å². The molecule has 6 nitrogen and oxygen atoms in total. The van der Waals surface area contributed by atoms with Crippen LogP contribution in [0.15, 0.2) is 29.3 Å². The molecule has 1 aliphatic heterocycles. The predicted octanol–water partition coefficient (Wildman–Crippen LogP) is 2.47. The Bertz CT molecular complexity index is 545. The molecule has 26 heavy (non-hydrogen) atoms. The molecule has 1 aromatic carbocycles. The minimum atomic E-state index is 0.206. The highest BCUT2D eigenvalue weighted by Gasteiger charge is 2.14. The van der Waals surface area contributed by atoms with E-state index < -0.39 is 0 Å². The van der Waals surface area contributed by atoms with Crippen LogP contribution in [0.1, 0.15) is 37.8 Å². The maximum atomic E-state index is 6.01. The Hall–Kier alpha value is -1.63. The molecule has 2 N–H and O–H groups in total. The summed E-state index contributed by atoms with van der Waals surface area (Å²) >= 11 is 0. The van der Waals surface area contributed by atoms with Crippen LogP contribution in [0.2, 0.25) is 0 Å². The Morgan fingerprint density at radius 3 is 2.81 bits per heavy atom. The van der Waals surface area contributed by atoms with Crippen LogP contribution in [0.25, 0.3) is 0 Å². The number of nitrogens with one attached hydrogen (secondary N) is 2. The Balaban J connectivity index is 1.88. The molecule has 0 saturated carbocycles. The fraction of sp³-hybridized carbons (Fsp3) is 0.650. The number of rotatable bonds is 9. The zero-order valence-electron chi connectivity index (χ0n) is 16.3. The van der Waals surface area contributed by atoms with Gasteiger partial charge in [-0.2, -0.15) is 0 Å². The van der Waals surface area contributed by atoms with Crippen molar-refractivity contribution < 1.29 is 14.2 Å². The SMILES string of the molecule is CCNC(=NCc1cccc(COC2CCOCC2)c1)NC(C)COC. The molecule has 1 atom stereocenters. The molecule has 2 rings (SSSR count). The van der Waals surface area contributed by atoms with Crippen LogP contribution in [-0.4, -0.2) is 51.6 Å².